The van der Waals surface area contributed by atoms with E-state index in [-0.39, 0.29) is 35.8 Å². The fourth-order valence-corrected chi connectivity index (χ4v) is 2.95. The molecule has 0 aromatic heterocycles. The van der Waals surface area contributed by atoms with Crippen molar-refractivity contribution in [1.29, 1.82) is 0 Å². The summed E-state index contributed by atoms with van der Waals surface area (Å²) in [5.41, 5.74) is 4.14. The molecule has 0 N–H and O–H groups in total. The smallest absolute Gasteiger partial charge is 0.209 e. The molecule has 0 bridgehead atoms. The number of carboxylic acid groups (broad SMARTS) is 1. The molecule has 21 heavy (non-hydrogen) atoms. The molecule has 0 unspecified atom stereocenters. The summed E-state index contributed by atoms with van der Waals surface area (Å²) in [6.07, 6.45) is 2.82. The molecule has 1 heterocycles. The average Bonchev–Trinajstić information content (AvgIpc) is 2.59. The van der Waals surface area contributed by atoms with Crippen molar-refractivity contribution >= 4 is 41.3 Å². The summed E-state index contributed by atoms with van der Waals surface area (Å²) in [7, 11) is 0. The van der Waals surface area contributed by atoms with Crippen LogP contribution in [0.3, 0.4) is 0 Å². The fourth-order valence-electron chi connectivity index (χ4n) is 2.95. The summed E-state index contributed by atoms with van der Waals surface area (Å²) in [4.78, 5) is 10.4. The van der Waals surface area contributed by atoms with Gasteiger partial charge in [-0.25, -0.2) is 0 Å². The summed E-state index contributed by atoms with van der Waals surface area (Å²) in [6, 6.07) is 8.55. The minimum absolute atomic E-state index is 0. The van der Waals surface area contributed by atoms with Gasteiger partial charge in [0.1, 0.15) is 6.54 Å². The normalized spacial score (nSPS) is 15.6. The average molecular weight is 401 g/mol. The Bertz CT molecular complexity index is 549. The number of para-hydroxylation sites is 1. The number of nitrogens with zero attached hydrogens (tertiary/aromatic N) is 1. The Labute approximate surface area is 144 Å². The summed E-state index contributed by atoms with van der Waals surface area (Å²) in [5, 5.41) is 10.4. The van der Waals surface area contributed by atoms with Gasteiger partial charge in [0.15, 0.2) is 5.71 Å². The van der Waals surface area contributed by atoms with E-state index in [9.17, 15) is 9.90 Å². The van der Waals surface area contributed by atoms with E-state index in [2.05, 4.69) is 49.6 Å². The molecule has 0 spiro atoms. The molecule has 116 valence electrons. The predicted octanol–water partition coefficient (Wildman–Crippen LogP) is 3.01. The number of unbranched alkanes of at least 4 members (excludes halogenated alkanes) is 2. The van der Waals surface area contributed by atoms with Crippen molar-refractivity contribution in [2.75, 3.05) is 6.54 Å². The van der Waals surface area contributed by atoms with E-state index in [1.165, 1.54) is 17.0 Å². The zero-order valence-electron chi connectivity index (χ0n) is 13.0. The topological polar surface area (TPSA) is 43.1 Å². The minimum atomic E-state index is -0.944. The zero-order valence-corrected chi connectivity index (χ0v) is 15.3. The van der Waals surface area contributed by atoms with Crippen molar-refractivity contribution in [1.82, 2.24) is 0 Å². The zero-order chi connectivity index (χ0) is 14.8. The number of hydrogen-bond donors (Lipinski definition) is 0. The fraction of sp³-hybridized carbons (Fsp3) is 0.529. The Morgan fingerprint density at radius 1 is 1.19 bits per heavy atom. The van der Waals surface area contributed by atoms with Crippen LogP contribution in [0.1, 0.15) is 52.0 Å². The summed E-state index contributed by atoms with van der Waals surface area (Å²) >= 11 is 0. The van der Waals surface area contributed by atoms with Crippen LogP contribution < -0.4 is 5.11 Å². The first-order valence-electron chi connectivity index (χ1n) is 7.35. The van der Waals surface area contributed by atoms with Crippen molar-refractivity contribution in [3.05, 3.63) is 29.8 Å². The van der Waals surface area contributed by atoms with Gasteiger partial charge in [-0.2, -0.15) is 4.58 Å². The van der Waals surface area contributed by atoms with Gasteiger partial charge in [0.25, 0.3) is 0 Å². The molecular weight excluding hydrogens is 377 g/mol. The quantitative estimate of drug-likeness (QED) is 0.418. The molecule has 0 radical (unpaired) electrons. The van der Waals surface area contributed by atoms with Crippen LogP contribution in [-0.4, -0.2) is 22.8 Å². The Morgan fingerprint density at radius 3 is 2.52 bits per heavy atom. The Balaban J connectivity index is 0.00000220. The predicted molar refractivity (Wildman–Crippen MR) is 93.8 cm³/mol. The van der Waals surface area contributed by atoms with Gasteiger partial charge >= 0.3 is 0 Å². The number of carboxylic acids is 1. The minimum Gasteiger partial charge on any atom is -0.550 e. The standard InChI is InChI=1S/C17H23NO2.HI/c1-13-17(2,3)14-9-6-7-10-15(14)18(13)12-8-4-5-11-16(19)20;/h6-7,9-10H,4-5,8,11-12H2,1-3H3;1H. The highest BCUT2D eigenvalue weighted by Crippen LogP contribution is 2.39. The van der Waals surface area contributed by atoms with Gasteiger partial charge in [-0.15, -0.1) is 24.0 Å². The second-order valence-corrected chi connectivity index (χ2v) is 6.06. The molecular formula is C17H24INO2. The molecule has 2 rings (SSSR count). The molecule has 4 heteroatoms. The molecule has 0 saturated heterocycles. The molecule has 1 aliphatic rings. The number of fused-ring (bicyclic) bond motifs is 1. The maximum atomic E-state index is 10.4. The van der Waals surface area contributed by atoms with Crippen LogP contribution in [0.5, 0.6) is 0 Å². The highest BCUT2D eigenvalue weighted by atomic mass is 127. The molecule has 1 aromatic rings. The number of carbonyl (C=O) groups is 1. The van der Waals surface area contributed by atoms with E-state index in [1.54, 1.807) is 0 Å². The molecule has 0 fully saturated rings. The Kier molecular flexibility index (Phi) is 6.38. The lowest BCUT2D eigenvalue weighted by Crippen LogP contribution is -2.26. The third-order valence-corrected chi connectivity index (χ3v) is 4.44. The molecule has 1 aliphatic heterocycles. The molecule has 0 saturated carbocycles. The van der Waals surface area contributed by atoms with E-state index in [0.717, 1.165) is 19.4 Å². The number of aliphatic carboxylic acids is 1. The van der Waals surface area contributed by atoms with Gasteiger partial charge in [-0.05, 0) is 33.1 Å². The lowest BCUT2D eigenvalue weighted by atomic mass is 9.82. The Morgan fingerprint density at radius 2 is 1.86 bits per heavy atom. The number of benzene rings is 1. The van der Waals surface area contributed by atoms with Crippen molar-refractivity contribution in [2.45, 2.75) is 51.9 Å². The highest BCUT2D eigenvalue weighted by Gasteiger charge is 2.42. The van der Waals surface area contributed by atoms with Gasteiger partial charge in [-0.1, -0.05) is 18.2 Å². The summed E-state index contributed by atoms with van der Waals surface area (Å²) in [6.45, 7) is 7.68. The molecule has 0 amide bonds. The van der Waals surface area contributed by atoms with Crippen LogP contribution in [0, 0.1) is 0 Å². The van der Waals surface area contributed by atoms with Gasteiger partial charge in [0.05, 0.1) is 5.41 Å². The number of hydrogen-bond acceptors (Lipinski definition) is 2. The van der Waals surface area contributed by atoms with Crippen LogP contribution in [0.4, 0.5) is 5.69 Å². The van der Waals surface area contributed by atoms with E-state index in [4.69, 9.17) is 0 Å². The third kappa shape index (κ3) is 3.84. The second kappa shape index (κ2) is 7.38. The molecule has 3 nitrogen and oxygen atoms in total. The lowest BCUT2D eigenvalue weighted by Gasteiger charge is -2.14. The first-order valence-corrected chi connectivity index (χ1v) is 7.35. The van der Waals surface area contributed by atoms with E-state index in [1.807, 2.05) is 0 Å². The Hall–Kier alpha value is -0.910. The number of halogens is 1. The van der Waals surface area contributed by atoms with Crippen LogP contribution in [0.2, 0.25) is 0 Å². The maximum Gasteiger partial charge on any atom is 0.209 e. The van der Waals surface area contributed by atoms with Crippen LogP contribution in [0.25, 0.3) is 0 Å². The van der Waals surface area contributed by atoms with E-state index < -0.39 is 5.97 Å². The largest absolute Gasteiger partial charge is 0.550 e. The van der Waals surface area contributed by atoms with Gasteiger partial charge < -0.3 is 9.90 Å². The second-order valence-electron chi connectivity index (χ2n) is 6.06. The SMILES string of the molecule is CC1=[N+](CCCCCC(=O)[O-])c2ccccc2C1(C)C.I. The summed E-state index contributed by atoms with van der Waals surface area (Å²) < 4.78 is 2.38. The maximum absolute atomic E-state index is 10.4. The van der Waals surface area contributed by atoms with Crippen LogP contribution >= 0.6 is 24.0 Å². The first-order chi connectivity index (χ1) is 9.44. The molecule has 0 atom stereocenters. The first kappa shape index (κ1) is 18.1. The number of rotatable bonds is 6. The van der Waals surface area contributed by atoms with Gasteiger partial charge in [0.2, 0.25) is 5.69 Å². The highest BCUT2D eigenvalue weighted by molar-refractivity contribution is 14.0. The third-order valence-electron chi connectivity index (χ3n) is 4.44. The molecule has 1 aromatic carbocycles. The van der Waals surface area contributed by atoms with Gasteiger partial charge in [0, 0.05) is 30.9 Å². The van der Waals surface area contributed by atoms with E-state index >= 15 is 0 Å². The van der Waals surface area contributed by atoms with Crippen molar-refractivity contribution in [2.24, 2.45) is 0 Å². The molecule has 0 aliphatic carbocycles. The van der Waals surface area contributed by atoms with Crippen LogP contribution in [-0.2, 0) is 10.2 Å². The lowest BCUT2D eigenvalue weighted by molar-refractivity contribution is -0.439. The number of carbonyl (C=O) groups excluding carboxylic acids is 1. The van der Waals surface area contributed by atoms with E-state index in [0.29, 0.717) is 6.42 Å². The van der Waals surface area contributed by atoms with Crippen LogP contribution in [0.15, 0.2) is 24.3 Å². The van der Waals surface area contributed by atoms with Gasteiger partial charge in [-0.3, -0.25) is 0 Å². The van der Waals surface area contributed by atoms with Crippen molar-refractivity contribution in [3.8, 4) is 0 Å². The van der Waals surface area contributed by atoms with Crippen molar-refractivity contribution in [3.63, 3.8) is 0 Å². The monoisotopic (exact) mass is 401 g/mol. The summed E-state index contributed by atoms with van der Waals surface area (Å²) in [5.74, 6) is -0.944. The van der Waals surface area contributed by atoms with Crippen molar-refractivity contribution < 1.29 is 14.5 Å².